The number of amides is 1. The molecule has 1 amide bonds. The maximum absolute atomic E-state index is 12.9. The Labute approximate surface area is 153 Å². The van der Waals surface area contributed by atoms with E-state index in [0.717, 1.165) is 45.4 Å². The minimum Gasteiger partial charge on any atom is -0.494 e. The standard InChI is InChI=1S/C20H24N4O2/c1-26-18-12-21-20(22-13-18)23-9-7-16(8-10-23)19(25)24-11-6-15-4-2-3-5-17(15)14-24/h2-5,12-13,16H,6-11,14H2,1H3. The summed E-state index contributed by atoms with van der Waals surface area (Å²) in [5.41, 5.74) is 2.67. The first-order valence-corrected chi connectivity index (χ1v) is 9.21. The maximum atomic E-state index is 12.9. The molecule has 0 atom stereocenters. The monoisotopic (exact) mass is 352 g/mol. The number of aromatic nitrogens is 2. The van der Waals surface area contributed by atoms with E-state index in [1.807, 2.05) is 4.90 Å². The molecule has 1 fully saturated rings. The third-order valence-corrected chi connectivity index (χ3v) is 5.42. The van der Waals surface area contributed by atoms with Gasteiger partial charge in [0.25, 0.3) is 0 Å². The first-order valence-electron chi connectivity index (χ1n) is 9.21. The van der Waals surface area contributed by atoms with Crippen LogP contribution in [0.5, 0.6) is 5.75 Å². The van der Waals surface area contributed by atoms with E-state index < -0.39 is 0 Å². The molecule has 26 heavy (non-hydrogen) atoms. The predicted octanol–water partition coefficient (Wildman–Crippen LogP) is 2.29. The van der Waals surface area contributed by atoms with Gasteiger partial charge in [0.05, 0.1) is 19.5 Å². The van der Waals surface area contributed by atoms with Crippen LogP contribution in [0.2, 0.25) is 0 Å². The fourth-order valence-electron chi connectivity index (χ4n) is 3.85. The average Bonchev–Trinajstić information content (AvgIpc) is 2.73. The quantitative estimate of drug-likeness (QED) is 0.848. The molecule has 0 bridgehead atoms. The molecular weight excluding hydrogens is 328 g/mol. The number of carbonyl (C=O) groups excluding carboxylic acids is 1. The van der Waals surface area contributed by atoms with Crippen molar-refractivity contribution in [2.45, 2.75) is 25.8 Å². The van der Waals surface area contributed by atoms with Gasteiger partial charge in [0.2, 0.25) is 11.9 Å². The first-order chi connectivity index (χ1) is 12.7. The highest BCUT2D eigenvalue weighted by atomic mass is 16.5. The molecular formula is C20H24N4O2. The number of methoxy groups -OCH3 is 1. The lowest BCUT2D eigenvalue weighted by Gasteiger charge is -2.36. The number of hydrogen-bond donors (Lipinski definition) is 0. The predicted molar refractivity (Wildman–Crippen MR) is 99.1 cm³/mol. The van der Waals surface area contributed by atoms with Crippen LogP contribution in [0.15, 0.2) is 36.7 Å². The van der Waals surface area contributed by atoms with Crippen LogP contribution >= 0.6 is 0 Å². The van der Waals surface area contributed by atoms with Crippen molar-refractivity contribution in [2.24, 2.45) is 5.92 Å². The minimum absolute atomic E-state index is 0.106. The van der Waals surface area contributed by atoms with E-state index in [4.69, 9.17) is 4.74 Å². The Bertz CT molecular complexity index is 770. The number of hydrogen-bond acceptors (Lipinski definition) is 5. The van der Waals surface area contributed by atoms with Crippen LogP contribution in [0.1, 0.15) is 24.0 Å². The summed E-state index contributed by atoms with van der Waals surface area (Å²) in [5, 5.41) is 0. The highest BCUT2D eigenvalue weighted by Crippen LogP contribution is 2.26. The van der Waals surface area contributed by atoms with Gasteiger partial charge in [-0.3, -0.25) is 4.79 Å². The smallest absolute Gasteiger partial charge is 0.226 e. The fourth-order valence-corrected chi connectivity index (χ4v) is 3.85. The third-order valence-electron chi connectivity index (χ3n) is 5.42. The van der Waals surface area contributed by atoms with Gasteiger partial charge in [-0.2, -0.15) is 0 Å². The number of ether oxygens (including phenoxy) is 1. The summed E-state index contributed by atoms with van der Waals surface area (Å²) in [4.78, 5) is 25.8. The molecule has 4 rings (SSSR count). The Hall–Kier alpha value is -2.63. The van der Waals surface area contributed by atoms with Gasteiger partial charge < -0.3 is 14.5 Å². The number of carbonyl (C=O) groups is 1. The summed E-state index contributed by atoms with van der Waals surface area (Å²) >= 11 is 0. The second-order valence-electron chi connectivity index (χ2n) is 6.96. The molecule has 1 aromatic carbocycles. The van der Waals surface area contributed by atoms with Crippen molar-refractivity contribution in [1.82, 2.24) is 14.9 Å². The summed E-state index contributed by atoms with van der Waals surface area (Å²) in [5.74, 6) is 1.78. The van der Waals surface area contributed by atoms with Gasteiger partial charge in [-0.15, -0.1) is 0 Å². The van der Waals surface area contributed by atoms with Crippen LogP contribution in [-0.2, 0) is 17.8 Å². The molecule has 6 heteroatoms. The number of anilines is 1. The Morgan fingerprint density at radius 1 is 1.08 bits per heavy atom. The lowest BCUT2D eigenvalue weighted by atomic mass is 9.93. The summed E-state index contributed by atoms with van der Waals surface area (Å²) in [6.45, 7) is 3.20. The van der Waals surface area contributed by atoms with Crippen LogP contribution in [0, 0.1) is 5.92 Å². The molecule has 0 N–H and O–H groups in total. The molecule has 0 spiro atoms. The summed E-state index contributed by atoms with van der Waals surface area (Å²) < 4.78 is 5.10. The van der Waals surface area contributed by atoms with Gasteiger partial charge in [-0.05, 0) is 30.4 Å². The molecule has 0 aliphatic carbocycles. The molecule has 0 unspecified atom stereocenters. The topological polar surface area (TPSA) is 58.6 Å². The zero-order chi connectivity index (χ0) is 17.9. The van der Waals surface area contributed by atoms with Gasteiger partial charge in [0.15, 0.2) is 5.75 Å². The van der Waals surface area contributed by atoms with Crippen molar-refractivity contribution >= 4 is 11.9 Å². The molecule has 3 heterocycles. The molecule has 6 nitrogen and oxygen atoms in total. The van der Waals surface area contributed by atoms with Crippen LogP contribution in [0.4, 0.5) is 5.95 Å². The van der Waals surface area contributed by atoms with Gasteiger partial charge in [-0.25, -0.2) is 9.97 Å². The lowest BCUT2D eigenvalue weighted by molar-refractivity contribution is -0.137. The second kappa shape index (κ2) is 7.32. The molecule has 1 aromatic heterocycles. The number of benzene rings is 1. The van der Waals surface area contributed by atoms with E-state index in [1.54, 1.807) is 19.5 Å². The summed E-state index contributed by atoms with van der Waals surface area (Å²) in [7, 11) is 1.61. The Morgan fingerprint density at radius 2 is 1.77 bits per heavy atom. The van der Waals surface area contributed by atoms with Crippen LogP contribution in [0.3, 0.4) is 0 Å². The Morgan fingerprint density at radius 3 is 2.46 bits per heavy atom. The molecule has 136 valence electrons. The van der Waals surface area contributed by atoms with Gasteiger partial charge in [0, 0.05) is 32.1 Å². The molecule has 2 aromatic rings. The lowest BCUT2D eigenvalue weighted by Crippen LogP contribution is -2.44. The van der Waals surface area contributed by atoms with Crippen molar-refractivity contribution in [3.63, 3.8) is 0 Å². The number of rotatable bonds is 3. The molecule has 0 radical (unpaired) electrons. The maximum Gasteiger partial charge on any atom is 0.226 e. The van der Waals surface area contributed by atoms with Crippen molar-refractivity contribution in [3.05, 3.63) is 47.8 Å². The summed E-state index contributed by atoms with van der Waals surface area (Å²) in [6.07, 6.45) is 6.04. The van der Waals surface area contributed by atoms with E-state index in [9.17, 15) is 4.79 Å². The summed E-state index contributed by atoms with van der Waals surface area (Å²) in [6, 6.07) is 8.44. The van der Waals surface area contributed by atoms with Crippen LogP contribution in [0.25, 0.3) is 0 Å². The fraction of sp³-hybridized carbons (Fsp3) is 0.450. The molecule has 0 saturated carbocycles. The highest BCUT2D eigenvalue weighted by molar-refractivity contribution is 5.79. The second-order valence-corrected chi connectivity index (χ2v) is 6.96. The number of nitrogens with zero attached hydrogens (tertiary/aromatic N) is 4. The molecule has 2 aliphatic rings. The molecule has 1 saturated heterocycles. The minimum atomic E-state index is 0.106. The van der Waals surface area contributed by atoms with Gasteiger partial charge in [-0.1, -0.05) is 24.3 Å². The SMILES string of the molecule is COc1cnc(N2CCC(C(=O)N3CCc4ccccc4C3)CC2)nc1. The van der Waals surface area contributed by atoms with Crippen molar-refractivity contribution in [2.75, 3.05) is 31.6 Å². The largest absolute Gasteiger partial charge is 0.494 e. The van der Waals surface area contributed by atoms with Crippen molar-refractivity contribution in [1.29, 1.82) is 0 Å². The third kappa shape index (κ3) is 3.36. The van der Waals surface area contributed by atoms with E-state index in [0.29, 0.717) is 17.6 Å². The van der Waals surface area contributed by atoms with E-state index in [2.05, 4.69) is 39.1 Å². The molecule has 2 aliphatic heterocycles. The Balaban J connectivity index is 1.35. The van der Waals surface area contributed by atoms with E-state index >= 15 is 0 Å². The van der Waals surface area contributed by atoms with Crippen molar-refractivity contribution in [3.8, 4) is 5.75 Å². The Kier molecular flexibility index (Phi) is 4.73. The zero-order valence-corrected chi connectivity index (χ0v) is 15.1. The van der Waals surface area contributed by atoms with Gasteiger partial charge in [0.1, 0.15) is 0 Å². The average molecular weight is 352 g/mol. The normalized spacial score (nSPS) is 17.7. The van der Waals surface area contributed by atoms with Gasteiger partial charge >= 0.3 is 0 Å². The van der Waals surface area contributed by atoms with Crippen molar-refractivity contribution < 1.29 is 9.53 Å². The number of piperidine rings is 1. The van der Waals surface area contributed by atoms with Crippen LogP contribution < -0.4 is 9.64 Å². The highest BCUT2D eigenvalue weighted by Gasteiger charge is 2.30. The van der Waals surface area contributed by atoms with E-state index in [1.165, 1.54) is 11.1 Å². The zero-order valence-electron chi connectivity index (χ0n) is 15.1. The number of fused-ring (bicyclic) bond motifs is 1. The van der Waals surface area contributed by atoms with Crippen LogP contribution in [-0.4, -0.2) is 47.5 Å². The first kappa shape index (κ1) is 16.8. The van der Waals surface area contributed by atoms with E-state index in [-0.39, 0.29) is 5.92 Å².